The zero-order valence-electron chi connectivity index (χ0n) is 6.42. The fourth-order valence-corrected chi connectivity index (χ4v) is 0.648. The summed E-state index contributed by atoms with van der Waals surface area (Å²) in [4.78, 5) is 10.5. The molecule has 0 amide bonds. The lowest BCUT2D eigenvalue weighted by molar-refractivity contribution is -0.140. The molecule has 0 aliphatic heterocycles. The molecule has 0 aromatic carbocycles. The van der Waals surface area contributed by atoms with Crippen LogP contribution in [0.2, 0.25) is 0 Å². The van der Waals surface area contributed by atoms with E-state index in [9.17, 15) is 4.79 Å². The van der Waals surface area contributed by atoms with Gasteiger partial charge in [-0.2, -0.15) is 0 Å². The Hall–Kier alpha value is -0.840. The number of ether oxygens (including phenoxy) is 1. The lowest BCUT2D eigenvalue weighted by atomic mass is 10.3. The molecule has 64 valence electrons. The summed E-state index contributed by atoms with van der Waals surface area (Å²) in [7, 11) is 1.36. The van der Waals surface area contributed by atoms with Crippen molar-refractivity contribution in [2.45, 2.75) is 12.8 Å². The van der Waals surface area contributed by atoms with Gasteiger partial charge in [0.25, 0.3) is 0 Å². The molecule has 0 unspecified atom stereocenters. The predicted molar refractivity (Wildman–Crippen MR) is 46.0 cm³/mol. The number of esters is 1. The maximum Gasteiger partial charge on any atom is 0.305 e. The van der Waals surface area contributed by atoms with Gasteiger partial charge < -0.3 is 15.8 Å². The van der Waals surface area contributed by atoms with Crippen molar-refractivity contribution in [1.29, 1.82) is 0 Å². The maximum atomic E-state index is 10.5. The van der Waals surface area contributed by atoms with Gasteiger partial charge in [-0.1, -0.05) is 0 Å². The van der Waals surface area contributed by atoms with E-state index in [1.165, 1.54) is 7.11 Å². The molecular weight excluding hydrogens is 164 g/mol. The second kappa shape index (κ2) is 5.91. The third-order valence-corrected chi connectivity index (χ3v) is 1.23. The smallest absolute Gasteiger partial charge is 0.305 e. The highest BCUT2D eigenvalue weighted by molar-refractivity contribution is 7.80. The van der Waals surface area contributed by atoms with E-state index in [0.29, 0.717) is 19.4 Å². The van der Waals surface area contributed by atoms with Crippen molar-refractivity contribution < 1.29 is 9.53 Å². The molecule has 0 rings (SSSR count). The topological polar surface area (TPSA) is 64.3 Å². The molecule has 0 aliphatic carbocycles. The Kier molecular flexibility index (Phi) is 5.46. The molecule has 0 atom stereocenters. The van der Waals surface area contributed by atoms with Crippen molar-refractivity contribution in [3.8, 4) is 0 Å². The third kappa shape index (κ3) is 7.05. The summed E-state index contributed by atoms with van der Waals surface area (Å²) >= 11 is 4.55. The van der Waals surface area contributed by atoms with Gasteiger partial charge in [-0.05, 0) is 18.6 Å². The lowest BCUT2D eigenvalue weighted by Gasteiger charge is -2.01. The molecule has 0 aliphatic rings. The first-order valence-electron chi connectivity index (χ1n) is 3.27. The molecule has 11 heavy (non-hydrogen) atoms. The summed E-state index contributed by atoms with van der Waals surface area (Å²) < 4.78 is 4.43. The SMILES string of the molecule is COC(=O)CCCNC(N)=S. The molecule has 0 saturated carbocycles. The molecule has 0 bridgehead atoms. The molecule has 0 aromatic rings. The number of carbonyl (C=O) groups is 1. The largest absolute Gasteiger partial charge is 0.469 e. The van der Waals surface area contributed by atoms with Crippen LogP contribution in [0.4, 0.5) is 0 Å². The monoisotopic (exact) mass is 176 g/mol. The Balaban J connectivity index is 3.14. The lowest BCUT2D eigenvalue weighted by Crippen LogP contribution is -2.30. The van der Waals surface area contributed by atoms with Crippen LogP contribution in [-0.4, -0.2) is 24.7 Å². The Morgan fingerprint density at radius 2 is 2.36 bits per heavy atom. The zero-order valence-corrected chi connectivity index (χ0v) is 7.24. The van der Waals surface area contributed by atoms with Gasteiger partial charge in [0.05, 0.1) is 7.11 Å². The molecule has 0 aromatic heterocycles. The maximum absolute atomic E-state index is 10.5. The molecule has 0 heterocycles. The summed E-state index contributed by atoms with van der Waals surface area (Å²) in [5.74, 6) is -0.213. The Morgan fingerprint density at radius 1 is 1.73 bits per heavy atom. The highest BCUT2D eigenvalue weighted by Crippen LogP contribution is 1.88. The Bertz CT molecular complexity index is 150. The predicted octanol–water partition coefficient (Wildman–Crippen LogP) is -0.227. The molecule has 0 radical (unpaired) electrons. The van der Waals surface area contributed by atoms with Crippen LogP contribution in [0.15, 0.2) is 0 Å². The van der Waals surface area contributed by atoms with Crippen molar-refractivity contribution in [3.05, 3.63) is 0 Å². The van der Waals surface area contributed by atoms with Crippen LogP contribution >= 0.6 is 12.2 Å². The number of methoxy groups -OCH3 is 1. The van der Waals surface area contributed by atoms with Crippen molar-refractivity contribution in [2.75, 3.05) is 13.7 Å². The van der Waals surface area contributed by atoms with E-state index in [1.54, 1.807) is 0 Å². The van der Waals surface area contributed by atoms with E-state index in [-0.39, 0.29) is 11.1 Å². The fourth-order valence-electron chi connectivity index (χ4n) is 0.546. The minimum absolute atomic E-state index is 0.213. The van der Waals surface area contributed by atoms with Gasteiger partial charge in [0.2, 0.25) is 0 Å². The van der Waals surface area contributed by atoms with E-state index >= 15 is 0 Å². The average Bonchev–Trinajstić information content (AvgIpc) is 1.97. The first-order valence-corrected chi connectivity index (χ1v) is 3.67. The van der Waals surface area contributed by atoms with E-state index < -0.39 is 0 Å². The fraction of sp³-hybridized carbons (Fsp3) is 0.667. The Morgan fingerprint density at radius 3 is 2.82 bits per heavy atom. The van der Waals surface area contributed by atoms with E-state index in [4.69, 9.17) is 5.73 Å². The van der Waals surface area contributed by atoms with Crippen LogP contribution in [-0.2, 0) is 9.53 Å². The number of hydrogen-bond acceptors (Lipinski definition) is 3. The van der Waals surface area contributed by atoms with Gasteiger partial charge in [0.1, 0.15) is 0 Å². The normalized spacial score (nSPS) is 8.82. The molecule has 0 spiro atoms. The highest BCUT2D eigenvalue weighted by atomic mass is 32.1. The minimum Gasteiger partial charge on any atom is -0.469 e. The number of nitrogens with one attached hydrogen (secondary N) is 1. The van der Waals surface area contributed by atoms with Crippen LogP contribution in [0.5, 0.6) is 0 Å². The van der Waals surface area contributed by atoms with Crippen LogP contribution in [0, 0.1) is 0 Å². The quantitative estimate of drug-likeness (QED) is 0.352. The summed E-state index contributed by atoms with van der Waals surface area (Å²) in [5.41, 5.74) is 5.15. The van der Waals surface area contributed by atoms with Gasteiger partial charge in [0.15, 0.2) is 5.11 Å². The number of nitrogens with two attached hydrogens (primary N) is 1. The van der Waals surface area contributed by atoms with Crippen LogP contribution in [0.25, 0.3) is 0 Å². The second-order valence-electron chi connectivity index (χ2n) is 1.97. The average molecular weight is 176 g/mol. The van der Waals surface area contributed by atoms with E-state index in [2.05, 4.69) is 22.3 Å². The zero-order chi connectivity index (χ0) is 8.69. The first kappa shape index (κ1) is 10.2. The van der Waals surface area contributed by atoms with Crippen LogP contribution in [0.3, 0.4) is 0 Å². The van der Waals surface area contributed by atoms with Crippen molar-refractivity contribution in [2.24, 2.45) is 5.73 Å². The first-order chi connectivity index (χ1) is 5.16. The number of thiocarbonyl (C=S) groups is 1. The van der Waals surface area contributed by atoms with Gasteiger partial charge in [-0.3, -0.25) is 4.79 Å². The van der Waals surface area contributed by atoms with Gasteiger partial charge in [-0.25, -0.2) is 0 Å². The summed E-state index contributed by atoms with van der Waals surface area (Å²) in [6.45, 7) is 0.616. The molecular formula is C6H12N2O2S. The van der Waals surface area contributed by atoms with Crippen molar-refractivity contribution in [1.82, 2.24) is 5.32 Å². The number of carbonyl (C=O) groups excluding carboxylic acids is 1. The molecule has 5 heteroatoms. The summed E-state index contributed by atoms with van der Waals surface area (Å²) in [6.07, 6.45) is 1.08. The summed E-state index contributed by atoms with van der Waals surface area (Å²) in [5, 5.41) is 2.99. The second-order valence-corrected chi connectivity index (χ2v) is 2.41. The van der Waals surface area contributed by atoms with Crippen LogP contribution < -0.4 is 11.1 Å². The number of hydrogen-bond donors (Lipinski definition) is 2. The van der Waals surface area contributed by atoms with Crippen LogP contribution in [0.1, 0.15) is 12.8 Å². The number of rotatable bonds is 4. The standard InChI is InChI=1S/C6H12N2O2S/c1-10-5(9)3-2-4-8-6(7)11/h2-4H2,1H3,(H3,7,8,11). The molecule has 4 nitrogen and oxygen atoms in total. The van der Waals surface area contributed by atoms with Gasteiger partial charge in [0, 0.05) is 13.0 Å². The van der Waals surface area contributed by atoms with Gasteiger partial charge >= 0.3 is 5.97 Å². The van der Waals surface area contributed by atoms with Crippen molar-refractivity contribution >= 4 is 23.3 Å². The third-order valence-electron chi connectivity index (χ3n) is 1.08. The van der Waals surface area contributed by atoms with E-state index in [1.807, 2.05) is 0 Å². The Labute approximate surface area is 71.1 Å². The van der Waals surface area contributed by atoms with E-state index in [0.717, 1.165) is 0 Å². The summed E-state index contributed by atoms with van der Waals surface area (Å²) in [6, 6.07) is 0. The highest BCUT2D eigenvalue weighted by Gasteiger charge is 1.98. The van der Waals surface area contributed by atoms with Gasteiger partial charge in [-0.15, -0.1) is 0 Å². The minimum atomic E-state index is -0.213. The molecule has 0 saturated heterocycles. The molecule has 0 fully saturated rings. The molecule has 3 N–H and O–H groups in total. The van der Waals surface area contributed by atoms with Crippen molar-refractivity contribution in [3.63, 3.8) is 0 Å².